The molecule has 4 nitrogen and oxygen atoms in total. The first kappa shape index (κ1) is 21.9. The molecule has 0 saturated carbocycles. The molecule has 0 fully saturated rings. The van der Waals surface area contributed by atoms with Crippen molar-refractivity contribution in [3.8, 4) is 0 Å². The van der Waals surface area contributed by atoms with E-state index in [9.17, 15) is 9.59 Å². The molecule has 0 heterocycles. The Hall–Kier alpha value is -1.06. The first-order valence-electron chi connectivity index (χ1n) is 9.32. The Balaban J connectivity index is 4.20. The molecule has 0 radical (unpaired) electrons. The number of esters is 1. The third kappa shape index (κ3) is 13.1. The van der Waals surface area contributed by atoms with Gasteiger partial charge in [-0.05, 0) is 31.1 Å². The Morgan fingerprint density at radius 2 is 1.61 bits per heavy atom. The van der Waals surface area contributed by atoms with Gasteiger partial charge >= 0.3 is 5.97 Å². The van der Waals surface area contributed by atoms with Crippen LogP contribution in [-0.4, -0.2) is 24.5 Å². The Labute approximate surface area is 142 Å². The molecular weight excluding hydrogens is 290 g/mol. The van der Waals surface area contributed by atoms with E-state index in [1.54, 1.807) is 0 Å². The predicted octanol–water partition coefficient (Wildman–Crippen LogP) is 4.47. The zero-order chi connectivity index (χ0) is 17.7. The van der Waals surface area contributed by atoms with Crippen molar-refractivity contribution in [3.63, 3.8) is 0 Å². The van der Waals surface area contributed by atoms with Crippen LogP contribution in [0.1, 0.15) is 86.0 Å². The van der Waals surface area contributed by atoms with Crippen molar-refractivity contribution in [2.45, 2.75) is 92.0 Å². The van der Waals surface area contributed by atoms with Gasteiger partial charge in [-0.1, -0.05) is 60.3 Å². The number of rotatable bonds is 13. The van der Waals surface area contributed by atoms with Crippen molar-refractivity contribution in [2.24, 2.45) is 11.8 Å². The quantitative estimate of drug-likeness (QED) is 0.401. The van der Waals surface area contributed by atoms with Gasteiger partial charge in [0, 0.05) is 6.42 Å². The number of hydrogen-bond donors (Lipinski definition) is 1. The lowest BCUT2D eigenvalue weighted by atomic mass is 10.0. The van der Waals surface area contributed by atoms with E-state index in [2.05, 4.69) is 26.1 Å². The highest BCUT2D eigenvalue weighted by Gasteiger charge is 2.23. The van der Waals surface area contributed by atoms with Gasteiger partial charge in [0.1, 0.15) is 6.04 Å². The number of unbranched alkanes of at least 4 members (excludes halogenated alkanes) is 4. The van der Waals surface area contributed by atoms with E-state index in [0.717, 1.165) is 19.3 Å². The first-order valence-corrected chi connectivity index (χ1v) is 9.32. The highest BCUT2D eigenvalue weighted by molar-refractivity contribution is 5.84. The lowest BCUT2D eigenvalue weighted by molar-refractivity contribution is -0.148. The van der Waals surface area contributed by atoms with Crippen LogP contribution in [0.5, 0.6) is 0 Å². The molecule has 0 aromatic heterocycles. The highest BCUT2D eigenvalue weighted by Crippen LogP contribution is 2.10. The van der Waals surface area contributed by atoms with E-state index in [4.69, 9.17) is 4.74 Å². The molecule has 1 N–H and O–H groups in total. The van der Waals surface area contributed by atoms with E-state index in [0.29, 0.717) is 31.3 Å². The second-order valence-electron chi connectivity index (χ2n) is 7.26. The van der Waals surface area contributed by atoms with Crippen LogP contribution in [-0.2, 0) is 14.3 Å². The monoisotopic (exact) mass is 327 g/mol. The Morgan fingerprint density at radius 3 is 2.17 bits per heavy atom. The Morgan fingerprint density at radius 1 is 0.957 bits per heavy atom. The van der Waals surface area contributed by atoms with Crippen molar-refractivity contribution in [2.75, 3.05) is 6.61 Å². The van der Waals surface area contributed by atoms with Gasteiger partial charge in [-0.3, -0.25) is 4.79 Å². The van der Waals surface area contributed by atoms with Gasteiger partial charge in [0.05, 0.1) is 6.61 Å². The van der Waals surface area contributed by atoms with Crippen molar-refractivity contribution in [3.05, 3.63) is 0 Å². The fourth-order valence-electron chi connectivity index (χ4n) is 2.34. The van der Waals surface area contributed by atoms with Crippen molar-refractivity contribution >= 4 is 11.9 Å². The SMILES string of the molecule is CCCCCCCC(=O)NC(CC(C)C)C(=O)OCCC(C)C. The number of ether oxygens (including phenoxy) is 1. The van der Waals surface area contributed by atoms with Gasteiger partial charge in [-0.25, -0.2) is 4.79 Å². The summed E-state index contributed by atoms with van der Waals surface area (Å²) in [5.74, 6) is 0.512. The van der Waals surface area contributed by atoms with E-state index in [-0.39, 0.29) is 11.9 Å². The third-order valence-electron chi connectivity index (χ3n) is 3.77. The molecule has 0 aliphatic heterocycles. The van der Waals surface area contributed by atoms with Crippen LogP contribution in [0.25, 0.3) is 0 Å². The van der Waals surface area contributed by atoms with E-state index >= 15 is 0 Å². The minimum Gasteiger partial charge on any atom is -0.464 e. The van der Waals surface area contributed by atoms with E-state index in [1.165, 1.54) is 19.3 Å². The van der Waals surface area contributed by atoms with Crippen LogP contribution < -0.4 is 5.32 Å². The maximum atomic E-state index is 12.2. The number of carbonyl (C=O) groups is 2. The molecule has 1 atom stereocenters. The fourth-order valence-corrected chi connectivity index (χ4v) is 2.34. The van der Waals surface area contributed by atoms with Crippen LogP contribution in [0, 0.1) is 11.8 Å². The van der Waals surface area contributed by atoms with Crippen LogP contribution in [0.4, 0.5) is 0 Å². The molecule has 0 aliphatic rings. The molecule has 23 heavy (non-hydrogen) atoms. The van der Waals surface area contributed by atoms with Crippen LogP contribution in [0.2, 0.25) is 0 Å². The highest BCUT2D eigenvalue weighted by atomic mass is 16.5. The summed E-state index contributed by atoms with van der Waals surface area (Å²) in [4.78, 5) is 24.2. The summed E-state index contributed by atoms with van der Waals surface area (Å²) in [5, 5.41) is 2.86. The van der Waals surface area contributed by atoms with Gasteiger partial charge in [0.2, 0.25) is 5.91 Å². The first-order chi connectivity index (χ1) is 10.9. The Bertz CT molecular complexity index is 327. The molecule has 1 unspecified atom stereocenters. The van der Waals surface area contributed by atoms with Crippen LogP contribution in [0.15, 0.2) is 0 Å². The lowest BCUT2D eigenvalue weighted by Gasteiger charge is -2.19. The van der Waals surface area contributed by atoms with Crippen molar-refractivity contribution in [1.29, 1.82) is 0 Å². The van der Waals surface area contributed by atoms with Gasteiger partial charge < -0.3 is 10.1 Å². The minimum atomic E-state index is -0.509. The molecule has 0 rings (SSSR count). The zero-order valence-corrected chi connectivity index (χ0v) is 15.8. The maximum Gasteiger partial charge on any atom is 0.328 e. The summed E-state index contributed by atoms with van der Waals surface area (Å²) in [5.41, 5.74) is 0. The minimum absolute atomic E-state index is 0.0343. The topological polar surface area (TPSA) is 55.4 Å². The van der Waals surface area contributed by atoms with Crippen molar-refractivity contribution < 1.29 is 14.3 Å². The smallest absolute Gasteiger partial charge is 0.328 e. The van der Waals surface area contributed by atoms with Gasteiger partial charge in [-0.2, -0.15) is 0 Å². The third-order valence-corrected chi connectivity index (χ3v) is 3.77. The molecule has 0 aromatic rings. The Kier molecular flexibility index (Phi) is 12.8. The molecule has 0 saturated heterocycles. The summed E-state index contributed by atoms with van der Waals surface area (Å²) in [6, 6.07) is -0.509. The fraction of sp³-hybridized carbons (Fsp3) is 0.895. The van der Waals surface area contributed by atoms with Gasteiger partial charge in [-0.15, -0.1) is 0 Å². The number of carbonyl (C=O) groups excluding carboxylic acids is 2. The average Bonchev–Trinajstić information content (AvgIpc) is 2.45. The summed E-state index contributed by atoms with van der Waals surface area (Å²) in [6.07, 6.45) is 7.55. The molecule has 0 aliphatic carbocycles. The van der Waals surface area contributed by atoms with Crippen molar-refractivity contribution in [1.82, 2.24) is 5.32 Å². The number of amides is 1. The number of nitrogens with one attached hydrogen (secondary N) is 1. The van der Waals surface area contributed by atoms with E-state index in [1.807, 2.05) is 13.8 Å². The molecule has 0 spiro atoms. The number of hydrogen-bond acceptors (Lipinski definition) is 3. The van der Waals surface area contributed by atoms with Gasteiger partial charge in [0.15, 0.2) is 0 Å². The lowest BCUT2D eigenvalue weighted by Crippen LogP contribution is -2.42. The summed E-state index contributed by atoms with van der Waals surface area (Å²) < 4.78 is 5.32. The largest absolute Gasteiger partial charge is 0.464 e. The van der Waals surface area contributed by atoms with Crippen LogP contribution >= 0.6 is 0 Å². The maximum absolute atomic E-state index is 12.2. The predicted molar refractivity (Wildman–Crippen MR) is 95.2 cm³/mol. The second kappa shape index (κ2) is 13.4. The molecule has 4 heteroatoms. The average molecular weight is 328 g/mol. The standard InChI is InChI=1S/C19H37NO3/c1-6-7-8-9-10-11-18(21)20-17(14-16(4)5)19(22)23-13-12-15(2)3/h15-17H,6-14H2,1-5H3,(H,20,21). The van der Waals surface area contributed by atoms with Crippen LogP contribution in [0.3, 0.4) is 0 Å². The summed E-state index contributed by atoms with van der Waals surface area (Å²) in [6.45, 7) is 10.9. The molecule has 1 amide bonds. The normalized spacial score (nSPS) is 12.5. The second-order valence-corrected chi connectivity index (χ2v) is 7.26. The van der Waals surface area contributed by atoms with Gasteiger partial charge in [0.25, 0.3) is 0 Å². The molecule has 136 valence electrons. The summed E-state index contributed by atoms with van der Waals surface area (Å²) in [7, 11) is 0. The molecular formula is C19H37NO3. The van der Waals surface area contributed by atoms with E-state index < -0.39 is 6.04 Å². The zero-order valence-electron chi connectivity index (χ0n) is 15.8. The molecule has 0 aromatic carbocycles. The summed E-state index contributed by atoms with van der Waals surface area (Å²) >= 11 is 0. The molecule has 0 bridgehead atoms.